The molecule has 3 rings (SSSR count). The SMILES string of the molecule is O=C(COC(=O)C(c1ccccc1)c1ccccc1)Nc1cc(Cl)ccc1F. The van der Waals surface area contributed by atoms with Crippen molar-refractivity contribution in [1.29, 1.82) is 0 Å². The highest BCUT2D eigenvalue weighted by Gasteiger charge is 2.25. The van der Waals surface area contributed by atoms with Crippen molar-refractivity contribution in [3.8, 4) is 0 Å². The zero-order valence-corrected chi connectivity index (χ0v) is 15.5. The van der Waals surface area contributed by atoms with Crippen molar-refractivity contribution in [2.24, 2.45) is 0 Å². The van der Waals surface area contributed by atoms with Crippen LogP contribution in [0.5, 0.6) is 0 Å². The third-order valence-corrected chi connectivity index (χ3v) is 4.28. The van der Waals surface area contributed by atoms with Crippen LogP contribution in [0.4, 0.5) is 10.1 Å². The lowest BCUT2D eigenvalue weighted by Crippen LogP contribution is -2.25. The number of benzene rings is 3. The molecule has 0 aromatic heterocycles. The number of esters is 1. The summed E-state index contributed by atoms with van der Waals surface area (Å²) in [4.78, 5) is 24.8. The number of carbonyl (C=O) groups is 2. The molecule has 142 valence electrons. The van der Waals surface area contributed by atoms with Crippen LogP contribution in [0.15, 0.2) is 78.9 Å². The fourth-order valence-corrected chi connectivity index (χ4v) is 2.93. The molecule has 0 saturated carbocycles. The predicted octanol–water partition coefficient (Wildman–Crippen LogP) is 4.79. The Morgan fingerprint density at radius 1 is 0.929 bits per heavy atom. The molecule has 0 aliphatic rings. The fraction of sp³-hybridized carbons (Fsp3) is 0.0909. The Labute approximate surface area is 166 Å². The van der Waals surface area contributed by atoms with E-state index in [1.807, 2.05) is 60.7 Å². The van der Waals surface area contributed by atoms with Gasteiger partial charge in [-0.2, -0.15) is 0 Å². The van der Waals surface area contributed by atoms with Gasteiger partial charge in [0.2, 0.25) is 0 Å². The molecule has 6 heteroatoms. The highest BCUT2D eigenvalue weighted by atomic mass is 35.5. The molecule has 4 nitrogen and oxygen atoms in total. The second-order valence-electron chi connectivity index (χ2n) is 6.03. The predicted molar refractivity (Wildman–Crippen MR) is 106 cm³/mol. The number of anilines is 1. The first kappa shape index (κ1) is 19.6. The van der Waals surface area contributed by atoms with Crippen LogP contribution < -0.4 is 5.32 Å². The lowest BCUT2D eigenvalue weighted by Gasteiger charge is -2.17. The van der Waals surface area contributed by atoms with Gasteiger partial charge in [-0.05, 0) is 29.3 Å². The maximum absolute atomic E-state index is 13.7. The van der Waals surface area contributed by atoms with Crippen molar-refractivity contribution in [2.45, 2.75) is 5.92 Å². The average molecular weight is 398 g/mol. The average Bonchev–Trinajstić information content (AvgIpc) is 2.71. The molecule has 0 unspecified atom stereocenters. The summed E-state index contributed by atoms with van der Waals surface area (Å²) in [5.74, 6) is -2.53. The summed E-state index contributed by atoms with van der Waals surface area (Å²) in [6, 6.07) is 22.1. The monoisotopic (exact) mass is 397 g/mol. The number of carbonyl (C=O) groups excluding carboxylic acids is 2. The van der Waals surface area contributed by atoms with E-state index in [0.29, 0.717) is 0 Å². The highest BCUT2D eigenvalue weighted by molar-refractivity contribution is 6.30. The molecule has 0 spiro atoms. The summed E-state index contributed by atoms with van der Waals surface area (Å²) in [5.41, 5.74) is 1.43. The maximum Gasteiger partial charge on any atom is 0.318 e. The highest BCUT2D eigenvalue weighted by Crippen LogP contribution is 2.26. The standard InChI is InChI=1S/C22H17ClFNO3/c23-17-11-12-18(24)19(13-17)25-20(26)14-28-22(27)21(15-7-3-1-4-8-15)16-9-5-2-6-10-16/h1-13,21H,14H2,(H,25,26). The molecule has 1 N–H and O–H groups in total. The van der Waals surface area contributed by atoms with E-state index in [0.717, 1.165) is 17.2 Å². The smallest absolute Gasteiger partial charge is 0.318 e. The molecule has 3 aromatic carbocycles. The molecular formula is C22H17ClFNO3. The van der Waals surface area contributed by atoms with E-state index < -0.39 is 30.2 Å². The first-order chi connectivity index (χ1) is 13.5. The van der Waals surface area contributed by atoms with Gasteiger partial charge in [0.25, 0.3) is 5.91 Å². The van der Waals surface area contributed by atoms with Crippen LogP contribution in [0.3, 0.4) is 0 Å². The van der Waals surface area contributed by atoms with E-state index in [-0.39, 0.29) is 10.7 Å². The minimum absolute atomic E-state index is 0.0729. The van der Waals surface area contributed by atoms with Crippen LogP contribution in [0.1, 0.15) is 17.0 Å². The summed E-state index contributed by atoms with van der Waals surface area (Å²) in [7, 11) is 0. The Morgan fingerprint density at radius 3 is 2.07 bits per heavy atom. The van der Waals surface area contributed by atoms with Crippen LogP contribution in [-0.2, 0) is 14.3 Å². The topological polar surface area (TPSA) is 55.4 Å². The van der Waals surface area contributed by atoms with E-state index in [1.54, 1.807) is 0 Å². The van der Waals surface area contributed by atoms with Gasteiger partial charge in [-0.25, -0.2) is 4.39 Å². The summed E-state index contributed by atoms with van der Waals surface area (Å²) < 4.78 is 18.9. The minimum Gasteiger partial charge on any atom is -0.455 e. The Kier molecular flexibility index (Phi) is 6.40. The van der Waals surface area contributed by atoms with Crippen LogP contribution in [0, 0.1) is 5.82 Å². The van der Waals surface area contributed by atoms with Gasteiger partial charge in [-0.3, -0.25) is 9.59 Å². The summed E-state index contributed by atoms with van der Waals surface area (Å²) in [5, 5.41) is 2.63. The first-order valence-corrected chi connectivity index (χ1v) is 8.94. The van der Waals surface area contributed by atoms with Gasteiger partial charge in [-0.15, -0.1) is 0 Å². The third-order valence-electron chi connectivity index (χ3n) is 4.05. The molecule has 0 saturated heterocycles. The van der Waals surface area contributed by atoms with Gasteiger partial charge < -0.3 is 10.1 Å². The Bertz CT molecular complexity index is 925. The van der Waals surface area contributed by atoms with Gasteiger partial charge in [0.05, 0.1) is 5.69 Å². The molecule has 0 aliphatic heterocycles. The van der Waals surface area contributed by atoms with Crippen LogP contribution in [0.2, 0.25) is 5.02 Å². The first-order valence-electron chi connectivity index (χ1n) is 8.56. The molecule has 3 aromatic rings. The van der Waals surface area contributed by atoms with Crippen molar-refractivity contribution in [3.05, 3.63) is 101 Å². The zero-order chi connectivity index (χ0) is 19.9. The number of halogens is 2. The molecule has 0 aliphatic carbocycles. The van der Waals surface area contributed by atoms with Crippen LogP contribution in [-0.4, -0.2) is 18.5 Å². The van der Waals surface area contributed by atoms with E-state index in [9.17, 15) is 14.0 Å². The molecule has 0 bridgehead atoms. The summed E-state index contributed by atoms with van der Waals surface area (Å²) in [6.45, 7) is -0.541. The molecule has 28 heavy (non-hydrogen) atoms. The Hall–Kier alpha value is -3.18. The van der Waals surface area contributed by atoms with Gasteiger partial charge in [0, 0.05) is 5.02 Å². The minimum atomic E-state index is -0.668. The van der Waals surface area contributed by atoms with Crippen LogP contribution >= 0.6 is 11.6 Å². The molecular weight excluding hydrogens is 381 g/mol. The number of amides is 1. The molecule has 0 atom stereocenters. The normalized spacial score (nSPS) is 10.5. The maximum atomic E-state index is 13.7. The van der Waals surface area contributed by atoms with Gasteiger partial charge in [0.15, 0.2) is 6.61 Å². The summed E-state index contributed by atoms with van der Waals surface area (Å²) >= 11 is 5.80. The lowest BCUT2D eigenvalue weighted by molar-refractivity contribution is -0.147. The number of rotatable bonds is 6. The molecule has 1 amide bonds. The van der Waals surface area contributed by atoms with Gasteiger partial charge in [-0.1, -0.05) is 72.3 Å². The van der Waals surface area contributed by atoms with Gasteiger partial charge in [0.1, 0.15) is 11.7 Å². The van der Waals surface area contributed by atoms with Gasteiger partial charge >= 0.3 is 5.97 Å². The van der Waals surface area contributed by atoms with Crippen LogP contribution in [0.25, 0.3) is 0 Å². The zero-order valence-electron chi connectivity index (χ0n) is 14.8. The largest absolute Gasteiger partial charge is 0.455 e. The van der Waals surface area contributed by atoms with E-state index in [4.69, 9.17) is 16.3 Å². The second kappa shape index (κ2) is 9.15. The Balaban J connectivity index is 1.70. The second-order valence-corrected chi connectivity index (χ2v) is 6.47. The van der Waals surface area contributed by atoms with Crippen molar-refractivity contribution in [1.82, 2.24) is 0 Å². The van der Waals surface area contributed by atoms with Crippen molar-refractivity contribution in [3.63, 3.8) is 0 Å². The van der Waals surface area contributed by atoms with Crippen molar-refractivity contribution in [2.75, 3.05) is 11.9 Å². The number of ether oxygens (including phenoxy) is 1. The quantitative estimate of drug-likeness (QED) is 0.608. The Morgan fingerprint density at radius 2 is 1.50 bits per heavy atom. The van der Waals surface area contributed by atoms with E-state index in [2.05, 4.69) is 5.32 Å². The lowest BCUT2D eigenvalue weighted by atomic mass is 9.91. The number of hydrogen-bond acceptors (Lipinski definition) is 3. The number of nitrogens with one attached hydrogen (secondary N) is 1. The van der Waals surface area contributed by atoms with Crippen molar-refractivity contribution >= 4 is 29.2 Å². The molecule has 0 radical (unpaired) electrons. The third kappa shape index (κ3) is 4.96. The molecule has 0 heterocycles. The molecule has 0 fully saturated rings. The van der Waals surface area contributed by atoms with E-state index in [1.165, 1.54) is 12.1 Å². The van der Waals surface area contributed by atoms with E-state index >= 15 is 0 Å². The van der Waals surface area contributed by atoms with Crippen molar-refractivity contribution < 1.29 is 18.7 Å². The fourth-order valence-electron chi connectivity index (χ4n) is 2.76. The summed E-state index contributed by atoms with van der Waals surface area (Å²) in [6.07, 6.45) is 0. The number of hydrogen-bond donors (Lipinski definition) is 1.